The number of hydrogen-bond acceptors (Lipinski definition) is 6. The average Bonchev–Trinajstić information content (AvgIpc) is 3.08. The zero-order valence-corrected chi connectivity index (χ0v) is 17.9. The van der Waals surface area contributed by atoms with Gasteiger partial charge in [0.25, 0.3) is 0 Å². The summed E-state index contributed by atoms with van der Waals surface area (Å²) < 4.78 is 12.7. The van der Waals surface area contributed by atoms with Crippen molar-refractivity contribution in [2.45, 2.75) is 18.4 Å². The van der Waals surface area contributed by atoms with Crippen LogP contribution in [0, 0.1) is 6.92 Å². The second-order valence-electron chi connectivity index (χ2n) is 7.16. The first-order valence-electron chi connectivity index (χ1n) is 9.53. The first-order valence-corrected chi connectivity index (χ1v) is 10.9. The number of aryl methyl sites for hydroxylation is 1. The fourth-order valence-corrected chi connectivity index (χ4v) is 4.99. The number of nitrogens with zero attached hydrogens (tertiary/aromatic N) is 3. The quantitative estimate of drug-likeness (QED) is 0.511. The van der Waals surface area contributed by atoms with Crippen LogP contribution in [0.15, 0.2) is 41.3 Å². The lowest BCUT2D eigenvalue weighted by atomic mass is 10.1. The van der Waals surface area contributed by atoms with Crippen LogP contribution in [0.2, 0.25) is 0 Å². The van der Waals surface area contributed by atoms with Crippen LogP contribution in [-0.4, -0.2) is 50.9 Å². The Hall–Kier alpha value is -1.60. The number of halogens is 1. The van der Waals surface area contributed by atoms with E-state index in [4.69, 9.17) is 21.3 Å². The van der Waals surface area contributed by atoms with Crippen LogP contribution >= 0.6 is 23.5 Å². The highest BCUT2D eigenvalue weighted by molar-refractivity contribution is 8.00. The van der Waals surface area contributed by atoms with Crippen molar-refractivity contribution < 1.29 is 9.47 Å². The van der Waals surface area contributed by atoms with Gasteiger partial charge in [0.1, 0.15) is 5.75 Å². The van der Waals surface area contributed by atoms with E-state index >= 15 is 0 Å². The maximum absolute atomic E-state index is 6.30. The van der Waals surface area contributed by atoms with Gasteiger partial charge in [-0.05, 0) is 30.7 Å². The molecule has 7 heteroatoms. The third kappa shape index (κ3) is 4.20. The number of methoxy groups -OCH3 is 1. The van der Waals surface area contributed by atoms with Crippen molar-refractivity contribution >= 4 is 34.9 Å². The summed E-state index contributed by atoms with van der Waals surface area (Å²) in [6, 6.07) is 13.0. The highest BCUT2D eigenvalue weighted by atomic mass is 35.5. The lowest BCUT2D eigenvalue weighted by molar-refractivity contribution is 0.0492. The summed E-state index contributed by atoms with van der Waals surface area (Å²) in [4.78, 5) is 6.20. The molecule has 0 saturated carbocycles. The second kappa shape index (κ2) is 8.82. The minimum absolute atomic E-state index is 0.278. The predicted molar refractivity (Wildman–Crippen MR) is 117 cm³/mol. The van der Waals surface area contributed by atoms with Gasteiger partial charge in [0, 0.05) is 67.8 Å². The first-order chi connectivity index (χ1) is 13.7. The molecule has 0 aromatic heterocycles. The molecule has 4 rings (SSSR count). The lowest BCUT2D eigenvalue weighted by Crippen LogP contribution is -2.46. The Balaban J connectivity index is 1.39. The molecule has 2 aromatic rings. The summed E-state index contributed by atoms with van der Waals surface area (Å²) in [5, 5.41) is 0. The van der Waals surface area contributed by atoms with Crippen LogP contribution < -0.4 is 14.1 Å². The van der Waals surface area contributed by atoms with E-state index < -0.39 is 0 Å². The highest BCUT2D eigenvalue weighted by Crippen LogP contribution is 2.41. The van der Waals surface area contributed by atoms with Crippen molar-refractivity contribution in [3.63, 3.8) is 0 Å². The van der Waals surface area contributed by atoms with Crippen LogP contribution in [0.4, 0.5) is 11.4 Å². The molecule has 0 atom stereocenters. The standard InChI is InChI=1S/C21H26ClN3O2S/c1-16-4-3-5-17(21(16)27-15-26-2)13-23-8-10-24(11-9-23)18-6-7-20-19(12-18)25(22)14-28-20/h3-7,12H,8-11,13-15H2,1-2H3. The number of hydrogen-bond donors (Lipinski definition) is 0. The summed E-state index contributed by atoms with van der Waals surface area (Å²) >= 11 is 8.08. The van der Waals surface area contributed by atoms with Crippen LogP contribution in [0.1, 0.15) is 11.1 Å². The summed E-state index contributed by atoms with van der Waals surface area (Å²) in [5.74, 6) is 1.77. The Labute approximate surface area is 176 Å². The van der Waals surface area contributed by atoms with Crippen molar-refractivity contribution in [2.24, 2.45) is 0 Å². The van der Waals surface area contributed by atoms with E-state index in [1.807, 2.05) is 0 Å². The van der Waals surface area contributed by atoms with Crippen LogP contribution in [0.25, 0.3) is 0 Å². The molecule has 1 saturated heterocycles. The normalized spacial score (nSPS) is 17.1. The molecule has 0 aliphatic carbocycles. The van der Waals surface area contributed by atoms with Crippen molar-refractivity contribution in [1.82, 2.24) is 4.90 Å². The largest absolute Gasteiger partial charge is 0.467 e. The third-order valence-corrected chi connectivity index (χ3v) is 6.77. The molecule has 0 unspecified atom stereocenters. The number of fused-ring (bicyclic) bond motifs is 1. The minimum atomic E-state index is 0.278. The molecule has 150 valence electrons. The Bertz CT molecular complexity index is 827. The molecule has 28 heavy (non-hydrogen) atoms. The Morgan fingerprint density at radius 3 is 2.71 bits per heavy atom. The number of rotatable bonds is 6. The van der Waals surface area contributed by atoms with E-state index in [1.165, 1.54) is 16.1 Å². The van der Waals surface area contributed by atoms with E-state index in [0.717, 1.165) is 55.6 Å². The summed E-state index contributed by atoms with van der Waals surface area (Å²) in [6.07, 6.45) is 0. The van der Waals surface area contributed by atoms with Crippen LogP contribution in [0.3, 0.4) is 0 Å². The van der Waals surface area contributed by atoms with Gasteiger partial charge in [0.05, 0.1) is 11.6 Å². The second-order valence-corrected chi connectivity index (χ2v) is 8.56. The zero-order valence-electron chi connectivity index (χ0n) is 16.4. The van der Waals surface area contributed by atoms with Gasteiger partial charge in [-0.1, -0.05) is 18.2 Å². The van der Waals surface area contributed by atoms with E-state index in [1.54, 1.807) is 23.3 Å². The van der Waals surface area contributed by atoms with Gasteiger partial charge in [-0.25, -0.2) is 0 Å². The molecule has 0 radical (unpaired) electrons. The first kappa shape index (κ1) is 19.7. The number of anilines is 2. The third-order valence-electron chi connectivity index (χ3n) is 5.28. The Kier molecular flexibility index (Phi) is 6.21. The molecule has 2 aliphatic rings. The fourth-order valence-electron chi connectivity index (χ4n) is 3.78. The number of piperazine rings is 1. The predicted octanol–water partition coefficient (Wildman–Crippen LogP) is 4.32. The summed E-state index contributed by atoms with van der Waals surface area (Å²) in [7, 11) is 1.65. The smallest absolute Gasteiger partial charge is 0.188 e. The van der Waals surface area contributed by atoms with Gasteiger partial charge < -0.3 is 14.4 Å². The van der Waals surface area contributed by atoms with Gasteiger partial charge >= 0.3 is 0 Å². The molecule has 2 aromatic carbocycles. The lowest BCUT2D eigenvalue weighted by Gasteiger charge is -2.36. The van der Waals surface area contributed by atoms with Crippen LogP contribution in [0.5, 0.6) is 5.75 Å². The Morgan fingerprint density at radius 1 is 1.11 bits per heavy atom. The van der Waals surface area contributed by atoms with E-state index in [0.29, 0.717) is 0 Å². The maximum atomic E-state index is 6.30. The monoisotopic (exact) mass is 419 g/mol. The minimum Gasteiger partial charge on any atom is -0.467 e. The molecule has 5 nitrogen and oxygen atoms in total. The summed E-state index contributed by atoms with van der Waals surface area (Å²) in [6.45, 7) is 7.31. The zero-order chi connectivity index (χ0) is 19.5. The topological polar surface area (TPSA) is 28.2 Å². The van der Waals surface area contributed by atoms with Gasteiger partial charge in [-0.15, -0.1) is 11.8 Å². The van der Waals surface area contributed by atoms with Crippen molar-refractivity contribution in [2.75, 3.05) is 55.3 Å². The van der Waals surface area contributed by atoms with Gasteiger partial charge in [0.2, 0.25) is 0 Å². The Morgan fingerprint density at radius 2 is 1.93 bits per heavy atom. The maximum Gasteiger partial charge on any atom is 0.188 e. The molecule has 0 N–H and O–H groups in total. The molecule has 1 fully saturated rings. The van der Waals surface area contributed by atoms with E-state index in [9.17, 15) is 0 Å². The van der Waals surface area contributed by atoms with E-state index in [-0.39, 0.29) is 6.79 Å². The van der Waals surface area contributed by atoms with Gasteiger partial charge in [-0.2, -0.15) is 0 Å². The van der Waals surface area contributed by atoms with Crippen molar-refractivity contribution in [1.29, 1.82) is 0 Å². The molecular formula is C21H26ClN3O2S. The molecule has 0 amide bonds. The SMILES string of the molecule is COCOc1c(C)cccc1CN1CCN(c2ccc3c(c2)N(Cl)CS3)CC1. The van der Waals surface area contributed by atoms with Crippen molar-refractivity contribution in [3.8, 4) is 5.75 Å². The van der Waals surface area contributed by atoms with Gasteiger partial charge in [-0.3, -0.25) is 9.32 Å². The molecular weight excluding hydrogens is 394 g/mol. The molecule has 0 spiro atoms. The van der Waals surface area contributed by atoms with E-state index in [2.05, 4.69) is 53.1 Å². The number of para-hydroxylation sites is 1. The number of benzene rings is 2. The van der Waals surface area contributed by atoms with Crippen molar-refractivity contribution in [3.05, 3.63) is 47.5 Å². The fraction of sp³-hybridized carbons (Fsp3) is 0.429. The molecule has 2 heterocycles. The average molecular weight is 420 g/mol. The summed E-state index contributed by atoms with van der Waals surface area (Å²) in [5.41, 5.74) is 4.75. The van der Waals surface area contributed by atoms with Crippen LogP contribution in [-0.2, 0) is 11.3 Å². The number of thioether (sulfide) groups is 1. The molecule has 2 aliphatic heterocycles. The van der Waals surface area contributed by atoms with Gasteiger partial charge in [0.15, 0.2) is 6.79 Å². The molecule has 0 bridgehead atoms. The highest BCUT2D eigenvalue weighted by Gasteiger charge is 2.23. The number of ether oxygens (including phenoxy) is 2.